The third kappa shape index (κ3) is 16.2. The topological polar surface area (TPSA) is 342 Å². The van der Waals surface area contributed by atoms with Crippen LogP contribution in [0.5, 0.6) is 28.7 Å². The van der Waals surface area contributed by atoms with E-state index in [2.05, 4.69) is 56.7 Å². The predicted octanol–water partition coefficient (Wildman–Crippen LogP) is 7.41. The molecule has 0 bridgehead atoms. The van der Waals surface area contributed by atoms with Gasteiger partial charge in [0.1, 0.15) is 24.4 Å². The second-order valence-electron chi connectivity index (χ2n) is 28.8. The Kier molecular flexibility index (Phi) is 22.3. The van der Waals surface area contributed by atoms with Crippen molar-refractivity contribution in [3.05, 3.63) is 166 Å². The Bertz CT molecular complexity index is 4600. The van der Waals surface area contributed by atoms with Crippen LogP contribution in [0.4, 0.5) is 27.5 Å². The van der Waals surface area contributed by atoms with E-state index >= 15 is 0 Å². The highest BCUT2D eigenvalue weighted by molar-refractivity contribution is 6.07. The van der Waals surface area contributed by atoms with Crippen LogP contribution in [0.15, 0.2) is 128 Å². The molecule has 109 heavy (non-hydrogen) atoms. The number of nitrogens with zero attached hydrogens (tertiary/aromatic N) is 5. The molecule has 1 saturated carbocycles. The van der Waals surface area contributed by atoms with Gasteiger partial charge in [-0.1, -0.05) is 80.6 Å². The zero-order chi connectivity index (χ0) is 76.9. The number of hydrogen-bond donors (Lipinski definition) is 9. The van der Waals surface area contributed by atoms with Gasteiger partial charge in [-0.05, 0) is 123 Å². The number of carbonyl (C=O) groups excluding carboxylic acids is 9. The average Bonchev–Trinajstić information content (AvgIpc) is 1.58. The number of benzene rings is 6. The fourth-order valence-electron chi connectivity index (χ4n) is 14.6. The van der Waals surface area contributed by atoms with Crippen LogP contribution in [0.1, 0.15) is 128 Å². The summed E-state index contributed by atoms with van der Waals surface area (Å²) in [4.78, 5) is 130. The quantitative estimate of drug-likeness (QED) is 0.0239. The largest absolute Gasteiger partial charge is 0.497 e. The molecule has 572 valence electrons. The Labute approximate surface area is 630 Å². The predicted molar refractivity (Wildman–Crippen MR) is 404 cm³/mol. The van der Waals surface area contributed by atoms with Crippen molar-refractivity contribution in [2.75, 3.05) is 81.2 Å². The first kappa shape index (κ1) is 75.4. The molecule has 6 aromatic rings. The van der Waals surface area contributed by atoms with Gasteiger partial charge in [-0.15, -0.1) is 5.53 Å². The summed E-state index contributed by atoms with van der Waals surface area (Å²) >= 11 is 0. The van der Waals surface area contributed by atoms with Crippen LogP contribution in [-0.2, 0) is 46.7 Å². The van der Waals surface area contributed by atoms with Gasteiger partial charge < -0.3 is 85.6 Å². The van der Waals surface area contributed by atoms with Gasteiger partial charge in [-0.25, -0.2) is 9.69 Å². The number of aliphatic hydroxyl groups is 1. The second kappa shape index (κ2) is 32.3. The number of methoxy groups -OCH3 is 3. The van der Waals surface area contributed by atoms with Gasteiger partial charge in [-0.2, -0.15) is 0 Å². The third-order valence-corrected chi connectivity index (χ3v) is 20.8. The van der Waals surface area contributed by atoms with Gasteiger partial charge in [0.15, 0.2) is 29.2 Å². The molecular formula is C80H91N13O16. The van der Waals surface area contributed by atoms with Gasteiger partial charge in [-0.3, -0.25) is 43.4 Å². The molecule has 6 heterocycles. The number of ether oxygens (including phenoxy) is 6. The zero-order valence-corrected chi connectivity index (χ0v) is 62.1. The average molecular weight is 1490 g/mol. The first-order valence-electron chi connectivity index (χ1n) is 36.7. The Morgan fingerprint density at radius 3 is 2.06 bits per heavy atom. The molecule has 29 heteroatoms. The van der Waals surface area contributed by atoms with E-state index in [0.29, 0.717) is 72.0 Å². The van der Waals surface area contributed by atoms with E-state index in [4.69, 9.17) is 28.4 Å². The van der Waals surface area contributed by atoms with Crippen LogP contribution in [0.25, 0.3) is 17.0 Å². The highest BCUT2D eigenvalue weighted by atomic mass is 16.6. The van der Waals surface area contributed by atoms with Crippen molar-refractivity contribution in [1.29, 1.82) is 0 Å². The van der Waals surface area contributed by atoms with Crippen molar-refractivity contribution in [3.63, 3.8) is 0 Å². The van der Waals surface area contributed by atoms with Gasteiger partial charge in [0.25, 0.3) is 11.8 Å². The fourth-order valence-corrected chi connectivity index (χ4v) is 14.6. The normalized spacial score (nSPS) is 18.2. The molecule has 0 radical (unpaired) electrons. The molecule has 7 aliphatic rings. The molecule has 6 aliphatic heterocycles. The van der Waals surface area contributed by atoms with Gasteiger partial charge >= 0.3 is 6.09 Å². The Hall–Kier alpha value is -11.9. The molecule has 13 rings (SSSR count). The van der Waals surface area contributed by atoms with E-state index in [1.807, 2.05) is 84.0 Å². The Balaban J connectivity index is 0.568. The summed E-state index contributed by atoms with van der Waals surface area (Å²) in [5.74, 6) is -2.55. The Morgan fingerprint density at radius 1 is 0.679 bits per heavy atom. The van der Waals surface area contributed by atoms with Crippen LogP contribution in [0.3, 0.4) is 0 Å². The molecule has 0 aromatic heterocycles. The summed E-state index contributed by atoms with van der Waals surface area (Å²) in [6, 6.07) is 33.0. The molecule has 6 aromatic carbocycles. The standard InChI is InChI=1S/C80H91N13O16/c1-45(2)71(86-69(96)40-83-68(95)39-82-67(94)26-27-70(97)90-41-50-14-9-10-15-55(50)72-73(93(46(3)4)88-87-72)56-16-11-12-17-60(56)90)75(99)84-47(5)74(98)85-52-22-18-48(19-23-52)43-109-79(103)92-61-36-66(64(106-8)34-58(61)77(101)91-44-80(28-29-80)37-62(91)78(92)102)108-31-13-30-107-65-35-59-57(33-63(65)105-7)76(100)89-42-51(32-53(89)38-81-59)49-20-24-54(104-6)25-21-49/h9-12,14-25,33-36,42,45-47,53,62,71,78,81,87-88,102H,13,26-32,37-41,43-44H2,1-8H3,(H,82,94)(H,83,95)(H,84,99)(H,85,98)(H,86,96)/t47-,53-,62-,71-,78?/m0/s1. The van der Waals surface area contributed by atoms with Crippen molar-refractivity contribution in [3.8, 4) is 28.7 Å². The summed E-state index contributed by atoms with van der Waals surface area (Å²) in [5, 5.41) is 30.7. The molecule has 1 unspecified atom stereocenters. The Morgan fingerprint density at radius 2 is 1.36 bits per heavy atom. The van der Waals surface area contributed by atoms with Crippen molar-refractivity contribution in [2.24, 2.45) is 11.3 Å². The first-order valence-corrected chi connectivity index (χ1v) is 36.7. The zero-order valence-electron chi connectivity index (χ0n) is 62.1. The molecule has 5 atom stereocenters. The van der Waals surface area contributed by atoms with Crippen LogP contribution >= 0.6 is 0 Å². The van der Waals surface area contributed by atoms with Gasteiger partial charge in [0.2, 0.25) is 35.4 Å². The maximum Gasteiger partial charge on any atom is 0.416 e. The monoisotopic (exact) mass is 1490 g/mol. The van der Waals surface area contributed by atoms with Crippen LogP contribution in [-0.4, -0.2) is 170 Å². The smallest absolute Gasteiger partial charge is 0.416 e. The summed E-state index contributed by atoms with van der Waals surface area (Å²) < 4.78 is 35.3. The molecular weight excluding hydrogens is 1400 g/mol. The van der Waals surface area contributed by atoms with Gasteiger partial charge in [0.05, 0.1) is 106 Å². The summed E-state index contributed by atoms with van der Waals surface area (Å²) in [6.07, 6.45) is 2.37. The lowest BCUT2D eigenvalue weighted by Crippen LogP contribution is -2.55. The second-order valence-corrected chi connectivity index (χ2v) is 28.8. The molecule has 29 nitrogen and oxygen atoms in total. The number of amides is 9. The number of hydrazine groups is 2. The van der Waals surface area contributed by atoms with E-state index in [1.165, 1.54) is 33.3 Å². The number of rotatable bonds is 26. The van der Waals surface area contributed by atoms with Crippen molar-refractivity contribution >= 4 is 93.1 Å². The number of fused-ring (bicyclic) bond motifs is 8. The lowest BCUT2D eigenvalue weighted by molar-refractivity contribution is -0.132. The van der Waals surface area contributed by atoms with E-state index in [9.17, 15) is 48.3 Å². The van der Waals surface area contributed by atoms with Gasteiger partial charge in [0, 0.05) is 73.5 Å². The number of para-hydroxylation sites is 1. The first-order chi connectivity index (χ1) is 52.5. The minimum atomic E-state index is -1.50. The van der Waals surface area contributed by atoms with Crippen LogP contribution in [0, 0.1) is 11.3 Å². The number of anilines is 4. The molecule has 1 aliphatic carbocycles. The summed E-state index contributed by atoms with van der Waals surface area (Å²) in [6.45, 7) is 9.12. The number of hydrogen-bond acceptors (Lipinski definition) is 20. The van der Waals surface area contributed by atoms with E-state index in [-0.39, 0.29) is 97.2 Å². The van der Waals surface area contributed by atoms with E-state index in [0.717, 1.165) is 62.7 Å². The van der Waals surface area contributed by atoms with Crippen LogP contribution < -0.4 is 76.3 Å². The number of aliphatic hydroxyl groups excluding tert-OH is 1. The van der Waals surface area contributed by atoms with Crippen molar-refractivity contribution in [1.82, 2.24) is 47.0 Å². The maximum absolute atomic E-state index is 14.5. The lowest BCUT2D eigenvalue weighted by atomic mass is 9.95. The van der Waals surface area contributed by atoms with Crippen molar-refractivity contribution < 1.29 is 76.7 Å². The highest BCUT2D eigenvalue weighted by Crippen LogP contribution is 2.57. The van der Waals surface area contributed by atoms with E-state index in [1.54, 1.807) is 72.1 Å². The third-order valence-electron chi connectivity index (χ3n) is 20.8. The molecule has 9 N–H and O–H groups in total. The molecule has 9 amide bonds. The summed E-state index contributed by atoms with van der Waals surface area (Å²) in [5.41, 5.74) is 15.7. The minimum absolute atomic E-state index is 0.0566. The fraction of sp³-hybridized carbons (Fsp3) is 0.388. The molecule has 1 saturated heterocycles. The van der Waals surface area contributed by atoms with Crippen molar-refractivity contribution in [2.45, 2.75) is 129 Å². The SMILES string of the molecule is COc1ccc(C2=CN3C(=O)c4cc(OC)c(OCCCOc5cc6c(cc5OC)C(=O)N5CC7(CC7)C[C@H]5C(O)N6C(=O)OCc5ccc(NC(=O)[C@H](C)NC(=O)[C@@H](NC(=O)CNC(=O)CNC(=O)CCC(=O)N6Cc7ccccc7C7=C(c8ccccc86)N(C(C)C)NN7)C(C)C)cc5)cc4NC[C@@H]3C2)cc1. The molecule has 2 fully saturated rings. The van der Waals surface area contributed by atoms with E-state index < -0.39 is 79.0 Å². The lowest BCUT2D eigenvalue weighted by Gasteiger charge is -2.32. The molecule has 1 spiro atoms. The van der Waals surface area contributed by atoms with Crippen LogP contribution in [0.2, 0.25) is 0 Å². The number of nitrogens with one attached hydrogen (secondary N) is 8. The summed E-state index contributed by atoms with van der Waals surface area (Å²) in [7, 11) is 4.57. The highest BCUT2D eigenvalue weighted by Gasteiger charge is 2.58. The number of carbonyl (C=O) groups is 9. The maximum atomic E-state index is 14.5. The minimum Gasteiger partial charge on any atom is -0.497 e.